The van der Waals surface area contributed by atoms with Crippen LogP contribution in [0, 0.1) is 13.8 Å². The van der Waals surface area contributed by atoms with Gasteiger partial charge in [-0.1, -0.05) is 18.2 Å². The van der Waals surface area contributed by atoms with Crippen molar-refractivity contribution in [2.75, 3.05) is 5.32 Å². The molecule has 3 heterocycles. The zero-order valence-corrected chi connectivity index (χ0v) is 17.1. The van der Waals surface area contributed by atoms with Crippen LogP contribution in [0.5, 0.6) is 0 Å². The molecule has 0 saturated carbocycles. The monoisotopic (exact) mass is 394 g/mol. The first-order valence-electron chi connectivity index (χ1n) is 9.85. The minimum atomic E-state index is 0.701. The molecule has 0 saturated heterocycles. The van der Waals surface area contributed by atoms with E-state index >= 15 is 0 Å². The molecular weight excluding hydrogens is 372 g/mol. The van der Waals surface area contributed by atoms with Crippen LogP contribution in [0.3, 0.4) is 0 Å². The Labute approximate surface area is 174 Å². The number of aryl methyl sites for hydroxylation is 3. The van der Waals surface area contributed by atoms with Crippen molar-refractivity contribution >= 4 is 22.4 Å². The van der Waals surface area contributed by atoms with E-state index in [0.717, 1.165) is 28.2 Å². The molecule has 0 amide bonds. The van der Waals surface area contributed by atoms with E-state index < -0.39 is 0 Å². The van der Waals surface area contributed by atoms with Gasteiger partial charge in [0.1, 0.15) is 5.82 Å². The van der Waals surface area contributed by atoms with Gasteiger partial charge in [0.25, 0.3) is 0 Å². The third-order valence-corrected chi connectivity index (χ3v) is 5.51. The fourth-order valence-corrected chi connectivity index (χ4v) is 3.79. The van der Waals surface area contributed by atoms with E-state index in [0.29, 0.717) is 5.82 Å². The van der Waals surface area contributed by atoms with Crippen LogP contribution in [0.15, 0.2) is 67.1 Å². The second-order valence-corrected chi connectivity index (χ2v) is 7.53. The van der Waals surface area contributed by atoms with Crippen molar-refractivity contribution in [3.63, 3.8) is 0 Å². The average Bonchev–Trinajstić information content (AvgIpc) is 3.37. The van der Waals surface area contributed by atoms with Crippen LogP contribution in [0.25, 0.3) is 33.4 Å². The van der Waals surface area contributed by atoms with Crippen molar-refractivity contribution in [2.24, 2.45) is 7.05 Å². The van der Waals surface area contributed by atoms with Gasteiger partial charge in [0.15, 0.2) is 5.82 Å². The first-order chi connectivity index (χ1) is 14.6. The molecule has 148 valence electrons. The van der Waals surface area contributed by atoms with Crippen molar-refractivity contribution < 1.29 is 0 Å². The van der Waals surface area contributed by atoms with Gasteiger partial charge < -0.3 is 9.88 Å². The molecule has 0 atom stereocenters. The number of rotatable bonds is 4. The van der Waals surface area contributed by atoms with E-state index in [2.05, 4.69) is 88.4 Å². The lowest BCUT2D eigenvalue weighted by molar-refractivity contribution is 0.918. The summed E-state index contributed by atoms with van der Waals surface area (Å²) >= 11 is 0. The van der Waals surface area contributed by atoms with Crippen molar-refractivity contribution in [2.45, 2.75) is 13.8 Å². The first kappa shape index (κ1) is 18.1. The summed E-state index contributed by atoms with van der Waals surface area (Å²) in [5.41, 5.74) is 7.79. The van der Waals surface area contributed by atoms with Gasteiger partial charge in [-0.2, -0.15) is 5.10 Å². The van der Waals surface area contributed by atoms with Crippen molar-refractivity contribution in [1.29, 1.82) is 0 Å². The van der Waals surface area contributed by atoms with Gasteiger partial charge in [0.2, 0.25) is 0 Å². The zero-order valence-electron chi connectivity index (χ0n) is 17.1. The summed E-state index contributed by atoms with van der Waals surface area (Å²) < 4.78 is 2.19. The number of nitrogens with zero attached hydrogens (tertiary/aromatic N) is 4. The minimum absolute atomic E-state index is 0.701. The lowest BCUT2D eigenvalue weighted by atomic mass is 10.0. The number of anilines is 2. The highest BCUT2D eigenvalue weighted by atomic mass is 15.1. The molecule has 2 N–H and O–H groups in total. The maximum Gasteiger partial charge on any atom is 0.161 e. The molecule has 0 radical (unpaired) electrons. The molecule has 5 rings (SSSR count). The molecule has 6 nitrogen and oxygen atoms in total. The Morgan fingerprint density at radius 1 is 0.967 bits per heavy atom. The second kappa shape index (κ2) is 7.15. The lowest BCUT2D eigenvalue weighted by Gasteiger charge is -2.10. The molecule has 0 unspecified atom stereocenters. The van der Waals surface area contributed by atoms with Gasteiger partial charge in [-0.3, -0.25) is 5.10 Å². The van der Waals surface area contributed by atoms with Crippen molar-refractivity contribution in [3.8, 4) is 22.5 Å². The molecule has 0 aliphatic carbocycles. The topological polar surface area (TPSA) is 71.4 Å². The maximum atomic E-state index is 4.74. The van der Waals surface area contributed by atoms with Crippen molar-refractivity contribution in [1.82, 2.24) is 24.7 Å². The Kier molecular flexibility index (Phi) is 4.32. The van der Waals surface area contributed by atoms with Crippen LogP contribution in [0.4, 0.5) is 11.5 Å². The molecule has 6 heteroatoms. The van der Waals surface area contributed by atoms with E-state index in [1.807, 2.05) is 18.5 Å². The maximum absolute atomic E-state index is 4.74. The SMILES string of the molecule is Cc1cc(Nc2ccnc(-c3ccc4cc(C)n(C)c4c3)n2)ccc1-c1cn[nH]c1. The molecule has 0 aliphatic rings. The van der Waals surface area contributed by atoms with Crippen LogP contribution in [0.1, 0.15) is 11.3 Å². The van der Waals surface area contributed by atoms with E-state index in [-0.39, 0.29) is 0 Å². The Balaban J connectivity index is 1.44. The molecule has 0 fully saturated rings. The summed E-state index contributed by atoms with van der Waals surface area (Å²) in [4.78, 5) is 9.23. The molecular formula is C24H22N6. The summed E-state index contributed by atoms with van der Waals surface area (Å²) in [7, 11) is 2.08. The van der Waals surface area contributed by atoms with Crippen LogP contribution in [0.2, 0.25) is 0 Å². The number of hydrogen-bond acceptors (Lipinski definition) is 4. The summed E-state index contributed by atoms with van der Waals surface area (Å²) in [6.07, 6.45) is 5.52. The second-order valence-electron chi connectivity index (χ2n) is 7.53. The molecule has 30 heavy (non-hydrogen) atoms. The Morgan fingerprint density at radius 2 is 1.87 bits per heavy atom. The number of H-pyrrole nitrogens is 1. The summed E-state index contributed by atoms with van der Waals surface area (Å²) in [6, 6.07) is 16.7. The predicted octanol–water partition coefficient (Wildman–Crippen LogP) is 5.39. The van der Waals surface area contributed by atoms with Gasteiger partial charge in [-0.25, -0.2) is 9.97 Å². The van der Waals surface area contributed by atoms with Crippen LogP contribution >= 0.6 is 0 Å². The van der Waals surface area contributed by atoms with Gasteiger partial charge in [-0.05, 0) is 60.7 Å². The number of aromatic nitrogens is 5. The van der Waals surface area contributed by atoms with Crippen molar-refractivity contribution in [3.05, 3.63) is 78.4 Å². The fraction of sp³-hybridized carbons (Fsp3) is 0.125. The van der Waals surface area contributed by atoms with Crippen LogP contribution in [-0.2, 0) is 7.05 Å². The van der Waals surface area contributed by atoms with E-state index in [4.69, 9.17) is 4.98 Å². The zero-order chi connectivity index (χ0) is 20.7. The minimum Gasteiger partial charge on any atom is -0.348 e. The Bertz CT molecular complexity index is 1350. The highest BCUT2D eigenvalue weighted by molar-refractivity contribution is 5.85. The standard InChI is InChI=1S/C24H22N6/c1-15-10-20(6-7-21(15)19-13-26-27-14-19)28-23-8-9-25-24(29-23)18-5-4-17-11-16(2)30(3)22(17)12-18/h4-14H,1-3H3,(H,26,27)(H,25,28,29). The number of fused-ring (bicyclic) bond motifs is 1. The smallest absolute Gasteiger partial charge is 0.161 e. The number of nitrogens with one attached hydrogen (secondary N) is 2. The normalized spacial score (nSPS) is 11.2. The molecule has 0 spiro atoms. The van der Waals surface area contributed by atoms with Gasteiger partial charge >= 0.3 is 0 Å². The lowest BCUT2D eigenvalue weighted by Crippen LogP contribution is -1.98. The Hall–Kier alpha value is -3.93. The summed E-state index contributed by atoms with van der Waals surface area (Å²) in [5, 5.41) is 11.5. The summed E-state index contributed by atoms with van der Waals surface area (Å²) in [5.74, 6) is 1.46. The van der Waals surface area contributed by atoms with Crippen LogP contribution in [-0.4, -0.2) is 24.7 Å². The fourth-order valence-electron chi connectivity index (χ4n) is 3.79. The highest BCUT2D eigenvalue weighted by Gasteiger charge is 2.09. The predicted molar refractivity (Wildman–Crippen MR) is 121 cm³/mol. The third kappa shape index (κ3) is 3.22. The average molecular weight is 394 g/mol. The molecule has 0 aliphatic heterocycles. The Morgan fingerprint density at radius 3 is 2.67 bits per heavy atom. The molecule has 3 aromatic heterocycles. The number of benzene rings is 2. The number of aromatic amines is 1. The van der Waals surface area contributed by atoms with E-state index in [9.17, 15) is 0 Å². The largest absolute Gasteiger partial charge is 0.348 e. The molecule has 2 aromatic carbocycles. The molecule has 0 bridgehead atoms. The number of hydrogen-bond donors (Lipinski definition) is 2. The van der Waals surface area contributed by atoms with E-state index in [1.165, 1.54) is 22.2 Å². The van der Waals surface area contributed by atoms with Gasteiger partial charge in [0.05, 0.1) is 6.20 Å². The molecule has 5 aromatic rings. The first-order valence-corrected chi connectivity index (χ1v) is 9.85. The van der Waals surface area contributed by atoms with Gasteiger partial charge in [-0.15, -0.1) is 0 Å². The van der Waals surface area contributed by atoms with Crippen LogP contribution < -0.4 is 5.32 Å². The third-order valence-electron chi connectivity index (χ3n) is 5.51. The van der Waals surface area contributed by atoms with Gasteiger partial charge in [0, 0.05) is 47.5 Å². The highest BCUT2D eigenvalue weighted by Crippen LogP contribution is 2.28. The van der Waals surface area contributed by atoms with E-state index in [1.54, 1.807) is 6.20 Å². The summed E-state index contributed by atoms with van der Waals surface area (Å²) in [6.45, 7) is 4.20. The quantitative estimate of drug-likeness (QED) is 0.429.